The molecule has 2 amide bonds. The average Bonchev–Trinajstić information content (AvgIpc) is 3.33. The van der Waals surface area contributed by atoms with E-state index in [-0.39, 0.29) is 17.7 Å². The fourth-order valence-electron chi connectivity index (χ4n) is 4.28. The lowest BCUT2D eigenvalue weighted by Crippen LogP contribution is -2.51. The maximum Gasteiger partial charge on any atom is 0.232 e. The third kappa shape index (κ3) is 4.08. The molecular formula is C21H28N2O2S. The Morgan fingerprint density at radius 1 is 0.962 bits per heavy atom. The topological polar surface area (TPSA) is 40.6 Å². The van der Waals surface area contributed by atoms with Crippen LogP contribution in [0.15, 0.2) is 30.3 Å². The molecule has 0 radical (unpaired) electrons. The molecule has 5 heteroatoms. The summed E-state index contributed by atoms with van der Waals surface area (Å²) in [5.41, 5.74) is 1.28. The van der Waals surface area contributed by atoms with E-state index in [9.17, 15) is 9.59 Å². The van der Waals surface area contributed by atoms with E-state index in [1.807, 2.05) is 39.8 Å². The molecule has 1 heterocycles. The van der Waals surface area contributed by atoms with Crippen LogP contribution in [0.3, 0.4) is 0 Å². The van der Waals surface area contributed by atoms with E-state index in [0.717, 1.165) is 6.42 Å². The quantitative estimate of drug-likeness (QED) is 0.797. The number of hydrogen-bond donors (Lipinski definition) is 0. The molecule has 1 aliphatic heterocycles. The van der Waals surface area contributed by atoms with Crippen molar-refractivity contribution in [2.24, 2.45) is 5.92 Å². The smallest absolute Gasteiger partial charge is 0.232 e. The molecule has 2 saturated carbocycles. The van der Waals surface area contributed by atoms with Crippen LogP contribution >= 0.6 is 11.8 Å². The van der Waals surface area contributed by atoms with E-state index in [1.54, 1.807) is 0 Å². The third-order valence-corrected chi connectivity index (χ3v) is 7.38. The Morgan fingerprint density at radius 2 is 1.62 bits per heavy atom. The van der Waals surface area contributed by atoms with E-state index in [2.05, 4.69) is 12.1 Å². The number of carbonyl (C=O) groups is 2. The van der Waals surface area contributed by atoms with Crippen molar-refractivity contribution in [1.29, 1.82) is 0 Å². The first-order valence-corrected chi connectivity index (χ1v) is 11.0. The number of amides is 2. The van der Waals surface area contributed by atoms with Crippen molar-refractivity contribution in [2.45, 2.75) is 43.3 Å². The Labute approximate surface area is 160 Å². The molecule has 2 aliphatic carbocycles. The van der Waals surface area contributed by atoms with E-state index in [0.29, 0.717) is 43.1 Å². The first-order valence-electron chi connectivity index (χ1n) is 9.95. The van der Waals surface area contributed by atoms with Gasteiger partial charge in [0.15, 0.2) is 0 Å². The molecule has 3 aliphatic rings. The molecule has 0 aromatic heterocycles. The molecule has 26 heavy (non-hydrogen) atoms. The zero-order valence-electron chi connectivity index (χ0n) is 15.3. The van der Waals surface area contributed by atoms with Crippen LogP contribution < -0.4 is 0 Å². The van der Waals surface area contributed by atoms with Gasteiger partial charge in [0.2, 0.25) is 11.8 Å². The lowest BCUT2D eigenvalue weighted by molar-refractivity contribution is -0.139. The molecule has 1 saturated heterocycles. The second-order valence-corrected chi connectivity index (χ2v) is 9.07. The average molecular weight is 373 g/mol. The molecule has 0 unspecified atom stereocenters. The van der Waals surface area contributed by atoms with Gasteiger partial charge in [-0.3, -0.25) is 9.59 Å². The first-order chi connectivity index (χ1) is 12.7. The molecule has 0 N–H and O–H groups in total. The number of rotatable bonds is 5. The molecule has 2 atom stereocenters. The summed E-state index contributed by atoms with van der Waals surface area (Å²) in [6.07, 6.45) is 6.14. The largest absolute Gasteiger partial charge is 0.339 e. The molecule has 0 bridgehead atoms. The zero-order chi connectivity index (χ0) is 17.9. The molecule has 4 nitrogen and oxygen atoms in total. The Kier molecular flexibility index (Phi) is 5.53. The Morgan fingerprint density at radius 3 is 2.31 bits per heavy atom. The van der Waals surface area contributed by atoms with Gasteiger partial charge in [0.1, 0.15) is 0 Å². The van der Waals surface area contributed by atoms with Gasteiger partial charge in [-0.15, -0.1) is 11.8 Å². The lowest BCUT2D eigenvalue weighted by atomic mass is 10.1. The summed E-state index contributed by atoms with van der Waals surface area (Å²) in [5.74, 6) is 1.69. The van der Waals surface area contributed by atoms with Gasteiger partial charge in [-0.05, 0) is 30.7 Å². The molecule has 140 valence electrons. The SMILES string of the molecule is O=C(CSC1CCCC1)N1CCN(C(=O)[C@@H]2C[C@@H]2c2ccccc2)CC1. The highest BCUT2D eigenvalue weighted by Gasteiger charge is 2.46. The van der Waals surface area contributed by atoms with Crippen LogP contribution in [0, 0.1) is 5.92 Å². The van der Waals surface area contributed by atoms with Gasteiger partial charge < -0.3 is 9.80 Å². The summed E-state index contributed by atoms with van der Waals surface area (Å²) in [6, 6.07) is 10.4. The summed E-state index contributed by atoms with van der Waals surface area (Å²) in [7, 11) is 0. The number of piperazine rings is 1. The van der Waals surface area contributed by atoms with Crippen molar-refractivity contribution >= 4 is 23.6 Å². The van der Waals surface area contributed by atoms with Crippen molar-refractivity contribution in [3.63, 3.8) is 0 Å². The highest BCUT2D eigenvalue weighted by atomic mass is 32.2. The van der Waals surface area contributed by atoms with E-state index in [4.69, 9.17) is 0 Å². The van der Waals surface area contributed by atoms with Gasteiger partial charge in [0, 0.05) is 37.3 Å². The number of benzene rings is 1. The maximum absolute atomic E-state index is 12.7. The second kappa shape index (κ2) is 8.03. The van der Waals surface area contributed by atoms with Crippen LogP contribution in [0.2, 0.25) is 0 Å². The third-order valence-electron chi connectivity index (χ3n) is 6.02. The van der Waals surface area contributed by atoms with Crippen LogP contribution in [0.25, 0.3) is 0 Å². The van der Waals surface area contributed by atoms with Gasteiger partial charge in [-0.2, -0.15) is 0 Å². The predicted molar refractivity (Wildman–Crippen MR) is 105 cm³/mol. The van der Waals surface area contributed by atoms with Gasteiger partial charge in [0.05, 0.1) is 5.75 Å². The Hall–Kier alpha value is -1.49. The highest BCUT2D eigenvalue weighted by Crippen LogP contribution is 2.48. The van der Waals surface area contributed by atoms with Gasteiger partial charge >= 0.3 is 0 Å². The summed E-state index contributed by atoms with van der Waals surface area (Å²) in [5, 5.41) is 0.687. The summed E-state index contributed by atoms with van der Waals surface area (Å²) >= 11 is 1.83. The Balaban J connectivity index is 1.21. The maximum atomic E-state index is 12.7. The zero-order valence-corrected chi connectivity index (χ0v) is 16.1. The van der Waals surface area contributed by atoms with Gasteiger partial charge in [-0.25, -0.2) is 0 Å². The lowest BCUT2D eigenvalue weighted by Gasteiger charge is -2.35. The van der Waals surface area contributed by atoms with Crippen molar-refractivity contribution in [3.05, 3.63) is 35.9 Å². The van der Waals surface area contributed by atoms with E-state index < -0.39 is 0 Å². The predicted octanol–water partition coefficient (Wildman–Crippen LogP) is 3.14. The Bertz CT molecular complexity index is 637. The van der Waals surface area contributed by atoms with E-state index in [1.165, 1.54) is 31.2 Å². The van der Waals surface area contributed by atoms with Gasteiger partial charge in [0.25, 0.3) is 0 Å². The van der Waals surface area contributed by atoms with Crippen LogP contribution in [0.4, 0.5) is 0 Å². The summed E-state index contributed by atoms with van der Waals surface area (Å²) in [4.78, 5) is 29.1. The second-order valence-electron chi connectivity index (χ2n) is 7.78. The molecule has 0 spiro atoms. The van der Waals surface area contributed by atoms with Crippen molar-refractivity contribution in [3.8, 4) is 0 Å². The monoisotopic (exact) mass is 372 g/mol. The fourth-order valence-corrected chi connectivity index (χ4v) is 5.51. The summed E-state index contributed by atoms with van der Waals surface area (Å²) in [6.45, 7) is 2.77. The van der Waals surface area contributed by atoms with Crippen LogP contribution in [0.1, 0.15) is 43.6 Å². The molecule has 1 aromatic carbocycles. The summed E-state index contributed by atoms with van der Waals surface area (Å²) < 4.78 is 0. The minimum absolute atomic E-state index is 0.151. The first kappa shape index (κ1) is 17.9. The van der Waals surface area contributed by atoms with E-state index >= 15 is 0 Å². The number of carbonyl (C=O) groups excluding carboxylic acids is 2. The van der Waals surface area contributed by atoms with Gasteiger partial charge in [-0.1, -0.05) is 43.2 Å². The standard InChI is InChI=1S/C21H28N2O2S/c24-20(15-26-17-8-4-5-9-17)22-10-12-23(13-11-22)21(25)19-14-18(19)16-6-2-1-3-7-16/h1-3,6-7,17-19H,4-5,8-15H2/t18-,19-/m1/s1. The molecule has 3 fully saturated rings. The molecule has 1 aromatic rings. The minimum atomic E-state index is 0.151. The molecule has 4 rings (SSSR count). The fraction of sp³-hybridized carbons (Fsp3) is 0.619. The number of hydrogen-bond acceptors (Lipinski definition) is 3. The van der Waals surface area contributed by atoms with Crippen LogP contribution in [-0.4, -0.2) is 58.8 Å². The minimum Gasteiger partial charge on any atom is -0.339 e. The normalized spacial score (nSPS) is 26.2. The highest BCUT2D eigenvalue weighted by molar-refractivity contribution is 8.00. The van der Waals surface area contributed by atoms with Crippen molar-refractivity contribution in [1.82, 2.24) is 9.80 Å². The molecular weight excluding hydrogens is 344 g/mol. The van der Waals surface area contributed by atoms with Crippen molar-refractivity contribution < 1.29 is 9.59 Å². The number of nitrogens with zero attached hydrogens (tertiary/aromatic N) is 2. The van der Waals surface area contributed by atoms with Crippen LogP contribution in [-0.2, 0) is 9.59 Å². The van der Waals surface area contributed by atoms with Crippen LogP contribution in [0.5, 0.6) is 0 Å². The van der Waals surface area contributed by atoms with Crippen molar-refractivity contribution in [2.75, 3.05) is 31.9 Å². The number of thioether (sulfide) groups is 1.